The molecule has 1 amide bonds. The van der Waals surface area contributed by atoms with E-state index in [1.807, 2.05) is 24.3 Å². The van der Waals surface area contributed by atoms with Crippen LogP contribution in [0.2, 0.25) is 0 Å². The van der Waals surface area contributed by atoms with E-state index >= 15 is 0 Å². The van der Waals surface area contributed by atoms with Crippen molar-refractivity contribution in [3.8, 4) is 0 Å². The van der Waals surface area contributed by atoms with Crippen molar-refractivity contribution in [1.29, 1.82) is 0 Å². The van der Waals surface area contributed by atoms with Crippen molar-refractivity contribution < 1.29 is 14.3 Å². The van der Waals surface area contributed by atoms with E-state index in [1.54, 1.807) is 26.0 Å². The number of hydrogen-bond acceptors (Lipinski definition) is 3. The molecule has 1 N–H and O–H groups in total. The van der Waals surface area contributed by atoms with Crippen molar-refractivity contribution >= 4 is 38.6 Å². The third-order valence-electron chi connectivity index (χ3n) is 3.19. The van der Waals surface area contributed by atoms with Gasteiger partial charge < -0.3 is 10.1 Å². The topological polar surface area (TPSA) is 55.4 Å². The third-order valence-corrected chi connectivity index (χ3v) is 3.68. The number of halogens is 1. The smallest absolute Gasteiger partial charge is 0.330 e. The molecule has 0 saturated heterocycles. The quantitative estimate of drug-likeness (QED) is 0.865. The van der Waals surface area contributed by atoms with E-state index in [0.717, 1.165) is 15.2 Å². The maximum absolute atomic E-state index is 12.3. The van der Waals surface area contributed by atoms with Gasteiger partial charge in [-0.15, -0.1) is 0 Å². The van der Waals surface area contributed by atoms with Gasteiger partial charge in [-0.25, -0.2) is 4.79 Å². The highest BCUT2D eigenvalue weighted by atomic mass is 79.9. The van der Waals surface area contributed by atoms with Crippen LogP contribution in [0.3, 0.4) is 0 Å². The molecule has 0 aromatic heterocycles. The minimum Gasteiger partial charge on any atom is -0.467 e. The second kappa shape index (κ2) is 5.85. The van der Waals surface area contributed by atoms with Crippen LogP contribution < -0.4 is 5.32 Å². The molecule has 0 unspecified atom stereocenters. The number of carbonyl (C=O) groups is 2. The van der Waals surface area contributed by atoms with Gasteiger partial charge in [-0.05, 0) is 48.9 Å². The van der Waals surface area contributed by atoms with Gasteiger partial charge in [0, 0.05) is 10.0 Å². The standard InChI is InChI=1S/C16H16BrNO3/c1-16(2,15(20)21-3)18-14(19)12-5-4-11-9-13(17)7-6-10(11)8-12/h4-9H,1-3H3,(H,18,19). The first-order chi connectivity index (χ1) is 9.83. The summed E-state index contributed by atoms with van der Waals surface area (Å²) in [5, 5.41) is 4.67. The zero-order chi connectivity index (χ0) is 15.6. The van der Waals surface area contributed by atoms with Gasteiger partial charge in [0.25, 0.3) is 5.91 Å². The van der Waals surface area contributed by atoms with E-state index < -0.39 is 11.5 Å². The lowest BCUT2D eigenvalue weighted by molar-refractivity contribution is -0.146. The SMILES string of the molecule is COC(=O)C(C)(C)NC(=O)c1ccc2cc(Br)ccc2c1. The van der Waals surface area contributed by atoms with Gasteiger partial charge in [-0.3, -0.25) is 4.79 Å². The van der Waals surface area contributed by atoms with Gasteiger partial charge in [-0.1, -0.05) is 28.1 Å². The Labute approximate surface area is 131 Å². The molecule has 0 bridgehead atoms. The fourth-order valence-corrected chi connectivity index (χ4v) is 2.40. The van der Waals surface area contributed by atoms with Crippen LogP contribution in [-0.2, 0) is 9.53 Å². The fourth-order valence-electron chi connectivity index (χ4n) is 2.02. The van der Waals surface area contributed by atoms with Gasteiger partial charge in [0.2, 0.25) is 0 Å². The van der Waals surface area contributed by atoms with Gasteiger partial charge in [0.1, 0.15) is 5.54 Å². The lowest BCUT2D eigenvalue weighted by Crippen LogP contribution is -2.50. The normalized spacial score (nSPS) is 11.2. The molecule has 2 aromatic carbocycles. The first-order valence-corrected chi connectivity index (χ1v) is 7.23. The van der Waals surface area contributed by atoms with Crippen LogP contribution >= 0.6 is 15.9 Å². The Morgan fingerprint density at radius 2 is 1.71 bits per heavy atom. The summed E-state index contributed by atoms with van der Waals surface area (Å²) in [6.07, 6.45) is 0. The van der Waals surface area contributed by atoms with Crippen LogP contribution in [0.4, 0.5) is 0 Å². The Bertz CT molecular complexity index is 710. The number of hydrogen-bond donors (Lipinski definition) is 1. The Kier molecular flexibility index (Phi) is 4.32. The summed E-state index contributed by atoms with van der Waals surface area (Å²) in [6.45, 7) is 3.21. The van der Waals surface area contributed by atoms with Gasteiger partial charge in [0.05, 0.1) is 7.11 Å². The largest absolute Gasteiger partial charge is 0.467 e. The number of methoxy groups -OCH3 is 1. The summed E-state index contributed by atoms with van der Waals surface area (Å²) in [5.41, 5.74) is -0.567. The predicted octanol–water partition coefficient (Wildman–Crippen LogP) is 3.28. The number of benzene rings is 2. The maximum atomic E-state index is 12.3. The summed E-state index contributed by atoms with van der Waals surface area (Å²) >= 11 is 3.41. The highest BCUT2D eigenvalue weighted by molar-refractivity contribution is 9.10. The molecule has 0 saturated carbocycles. The summed E-state index contributed by atoms with van der Waals surface area (Å²) in [4.78, 5) is 23.9. The fraction of sp³-hybridized carbons (Fsp3) is 0.250. The first-order valence-electron chi connectivity index (χ1n) is 6.44. The molecule has 5 heteroatoms. The van der Waals surface area contributed by atoms with E-state index in [4.69, 9.17) is 0 Å². The third kappa shape index (κ3) is 3.42. The zero-order valence-electron chi connectivity index (χ0n) is 12.1. The molecular weight excluding hydrogens is 334 g/mol. The van der Waals surface area contributed by atoms with Gasteiger partial charge in [-0.2, -0.15) is 0 Å². The molecule has 0 spiro atoms. The Balaban J connectivity index is 2.28. The molecule has 110 valence electrons. The van der Waals surface area contributed by atoms with Crippen LogP contribution in [0.5, 0.6) is 0 Å². The number of nitrogens with one attached hydrogen (secondary N) is 1. The van der Waals surface area contributed by atoms with E-state index in [2.05, 4.69) is 26.0 Å². The molecule has 21 heavy (non-hydrogen) atoms. The van der Waals surface area contributed by atoms with Crippen LogP contribution in [0, 0.1) is 0 Å². The summed E-state index contributed by atoms with van der Waals surface area (Å²) < 4.78 is 5.66. The molecule has 4 nitrogen and oxygen atoms in total. The predicted molar refractivity (Wildman–Crippen MR) is 85.2 cm³/mol. The molecular formula is C16H16BrNO3. The monoisotopic (exact) mass is 349 g/mol. The van der Waals surface area contributed by atoms with Crippen LogP contribution in [0.15, 0.2) is 40.9 Å². The number of amides is 1. The van der Waals surface area contributed by atoms with E-state index in [9.17, 15) is 9.59 Å². The lowest BCUT2D eigenvalue weighted by atomic mass is 10.0. The molecule has 0 aliphatic carbocycles. The average Bonchev–Trinajstić information content (AvgIpc) is 2.45. The summed E-state index contributed by atoms with van der Waals surface area (Å²) in [5.74, 6) is -0.796. The highest BCUT2D eigenvalue weighted by Gasteiger charge is 2.30. The Morgan fingerprint density at radius 3 is 2.38 bits per heavy atom. The number of ether oxygens (including phenoxy) is 1. The number of rotatable bonds is 3. The number of esters is 1. The van der Waals surface area contributed by atoms with Crippen molar-refractivity contribution in [2.45, 2.75) is 19.4 Å². The Morgan fingerprint density at radius 1 is 1.10 bits per heavy atom. The summed E-state index contributed by atoms with van der Waals surface area (Å²) in [7, 11) is 1.30. The van der Waals surface area contributed by atoms with Gasteiger partial charge in [0.15, 0.2) is 0 Å². The molecule has 2 aromatic rings. The maximum Gasteiger partial charge on any atom is 0.330 e. The van der Waals surface area contributed by atoms with Crippen LogP contribution in [0.1, 0.15) is 24.2 Å². The average molecular weight is 350 g/mol. The van der Waals surface area contributed by atoms with Gasteiger partial charge >= 0.3 is 5.97 Å². The van der Waals surface area contributed by atoms with Crippen LogP contribution in [-0.4, -0.2) is 24.5 Å². The zero-order valence-corrected chi connectivity index (χ0v) is 13.7. The first kappa shape index (κ1) is 15.5. The molecule has 0 atom stereocenters. The molecule has 0 aliphatic rings. The van der Waals surface area contributed by atoms with Crippen molar-refractivity contribution in [3.05, 3.63) is 46.4 Å². The van der Waals surface area contributed by atoms with Crippen molar-refractivity contribution in [2.75, 3.05) is 7.11 Å². The van der Waals surface area contributed by atoms with E-state index in [1.165, 1.54) is 7.11 Å². The second-order valence-corrected chi connectivity index (χ2v) is 6.19. The second-order valence-electron chi connectivity index (χ2n) is 5.28. The lowest BCUT2D eigenvalue weighted by Gasteiger charge is -2.23. The summed E-state index contributed by atoms with van der Waals surface area (Å²) in [6, 6.07) is 11.2. The van der Waals surface area contributed by atoms with E-state index in [-0.39, 0.29) is 5.91 Å². The van der Waals surface area contributed by atoms with Crippen molar-refractivity contribution in [2.24, 2.45) is 0 Å². The van der Waals surface area contributed by atoms with Crippen LogP contribution in [0.25, 0.3) is 10.8 Å². The minimum atomic E-state index is -1.07. The number of carbonyl (C=O) groups excluding carboxylic acids is 2. The molecule has 0 radical (unpaired) electrons. The molecule has 0 heterocycles. The van der Waals surface area contributed by atoms with Crippen molar-refractivity contribution in [1.82, 2.24) is 5.32 Å². The molecule has 0 fully saturated rings. The van der Waals surface area contributed by atoms with E-state index in [0.29, 0.717) is 5.56 Å². The molecule has 0 aliphatic heterocycles. The Hall–Kier alpha value is -1.88. The van der Waals surface area contributed by atoms with Crippen molar-refractivity contribution in [3.63, 3.8) is 0 Å². The highest BCUT2D eigenvalue weighted by Crippen LogP contribution is 2.21. The molecule has 2 rings (SSSR count). The minimum absolute atomic E-state index is 0.310. The number of fused-ring (bicyclic) bond motifs is 1.